The molecule has 9 heteroatoms. The second-order valence-corrected chi connectivity index (χ2v) is 10.3. The fraction of sp³-hybridized carbons (Fsp3) is 0.600. The molecular formula is C25H33N7O2. The second kappa shape index (κ2) is 8.37. The van der Waals surface area contributed by atoms with Gasteiger partial charge < -0.3 is 20.1 Å². The number of ether oxygens (including phenoxy) is 1. The van der Waals surface area contributed by atoms with Crippen LogP contribution in [0, 0.1) is 6.92 Å². The molecule has 34 heavy (non-hydrogen) atoms. The van der Waals surface area contributed by atoms with Crippen LogP contribution >= 0.6 is 0 Å². The second-order valence-electron chi connectivity index (χ2n) is 10.3. The average Bonchev–Trinajstić information content (AvgIpc) is 3.50. The van der Waals surface area contributed by atoms with Gasteiger partial charge in [-0.2, -0.15) is 9.61 Å². The molecule has 0 spiro atoms. The van der Waals surface area contributed by atoms with Gasteiger partial charge in [-0.05, 0) is 65.2 Å². The quantitative estimate of drug-likeness (QED) is 0.606. The van der Waals surface area contributed by atoms with Crippen molar-refractivity contribution in [2.75, 3.05) is 29.9 Å². The maximum atomic E-state index is 10.4. The first-order chi connectivity index (χ1) is 16.4. The van der Waals surface area contributed by atoms with E-state index in [1.807, 2.05) is 24.4 Å². The van der Waals surface area contributed by atoms with Crippen molar-refractivity contribution >= 4 is 17.3 Å². The van der Waals surface area contributed by atoms with E-state index in [-0.39, 0.29) is 0 Å². The Balaban J connectivity index is 1.39. The van der Waals surface area contributed by atoms with Gasteiger partial charge >= 0.3 is 0 Å². The molecule has 180 valence electrons. The number of anilines is 2. The Bertz CT molecular complexity index is 1210. The van der Waals surface area contributed by atoms with E-state index in [1.165, 1.54) is 12.8 Å². The number of nitrogens with zero attached hydrogens (tertiary/aromatic N) is 6. The third-order valence-electron chi connectivity index (χ3n) is 7.40. The van der Waals surface area contributed by atoms with Crippen LogP contribution in [0.3, 0.4) is 0 Å². The van der Waals surface area contributed by atoms with Gasteiger partial charge in [0.05, 0.1) is 17.9 Å². The van der Waals surface area contributed by atoms with Crippen LogP contribution < -0.4 is 15.0 Å². The first kappa shape index (κ1) is 21.6. The van der Waals surface area contributed by atoms with Gasteiger partial charge in [-0.15, -0.1) is 0 Å². The molecule has 3 aromatic heterocycles. The summed E-state index contributed by atoms with van der Waals surface area (Å²) in [6.45, 7) is 6.66. The van der Waals surface area contributed by atoms with Crippen molar-refractivity contribution < 1.29 is 9.84 Å². The molecule has 0 aromatic carbocycles. The largest absolute Gasteiger partial charge is 0.476 e. The van der Waals surface area contributed by atoms with Gasteiger partial charge in [0, 0.05) is 31.3 Å². The lowest BCUT2D eigenvalue weighted by atomic mass is 9.84. The highest BCUT2D eigenvalue weighted by Gasteiger charge is 2.29. The van der Waals surface area contributed by atoms with Crippen LogP contribution in [0.15, 0.2) is 12.1 Å². The van der Waals surface area contributed by atoms with Gasteiger partial charge in [-0.1, -0.05) is 0 Å². The molecule has 0 bridgehead atoms. The molecule has 6 rings (SSSR count). The number of aryl methyl sites for hydroxylation is 2. The Morgan fingerprint density at radius 2 is 1.88 bits per heavy atom. The zero-order valence-corrected chi connectivity index (χ0v) is 20.0. The molecule has 2 N–H and O–H groups in total. The van der Waals surface area contributed by atoms with Crippen LogP contribution in [0.5, 0.6) is 5.88 Å². The van der Waals surface area contributed by atoms with Gasteiger partial charge in [-0.3, -0.25) is 4.98 Å². The molecule has 1 aliphatic carbocycles. The van der Waals surface area contributed by atoms with Gasteiger partial charge in [0.25, 0.3) is 0 Å². The van der Waals surface area contributed by atoms with Crippen LogP contribution in [-0.4, -0.2) is 61.0 Å². The number of nitrogens with one attached hydrogen (secondary N) is 1. The van der Waals surface area contributed by atoms with Gasteiger partial charge in [-0.25, -0.2) is 9.97 Å². The minimum absolute atomic E-state index is 0.295. The van der Waals surface area contributed by atoms with Gasteiger partial charge in [0.1, 0.15) is 28.7 Å². The summed E-state index contributed by atoms with van der Waals surface area (Å²) in [7, 11) is 0. The standard InChI is InChI=1S/C25H33N7O2/c1-16-23(29-24-18(26-16)6-5-13-34-24)19-14-21-28-20(31-11-3-4-12-31)15-22(32(21)30-19)27-17-7-9-25(2,33)10-8-17/h14-15,17,27,33H,3-13H2,1-2H3. The maximum absolute atomic E-state index is 10.4. The third kappa shape index (κ3) is 4.06. The van der Waals surface area contributed by atoms with Crippen molar-refractivity contribution in [3.8, 4) is 17.3 Å². The lowest BCUT2D eigenvalue weighted by Gasteiger charge is -2.34. The molecular weight excluding hydrogens is 430 g/mol. The molecule has 0 atom stereocenters. The molecule has 0 unspecified atom stereocenters. The summed E-state index contributed by atoms with van der Waals surface area (Å²) >= 11 is 0. The topological polar surface area (TPSA) is 101 Å². The molecule has 0 amide bonds. The molecule has 1 saturated heterocycles. The normalized spacial score (nSPS) is 24.8. The molecule has 2 fully saturated rings. The van der Waals surface area contributed by atoms with Crippen molar-refractivity contribution in [1.29, 1.82) is 0 Å². The lowest BCUT2D eigenvalue weighted by Crippen LogP contribution is -2.36. The zero-order valence-electron chi connectivity index (χ0n) is 20.0. The summed E-state index contributed by atoms with van der Waals surface area (Å²) < 4.78 is 7.67. The van der Waals surface area contributed by atoms with E-state index < -0.39 is 5.60 Å². The third-order valence-corrected chi connectivity index (χ3v) is 7.40. The van der Waals surface area contributed by atoms with Crippen molar-refractivity contribution in [1.82, 2.24) is 24.6 Å². The average molecular weight is 464 g/mol. The molecule has 2 aliphatic heterocycles. The van der Waals surface area contributed by atoms with E-state index in [1.54, 1.807) is 0 Å². The number of hydrogen-bond acceptors (Lipinski definition) is 8. The minimum Gasteiger partial charge on any atom is -0.476 e. The Hall–Kier alpha value is -2.94. The van der Waals surface area contributed by atoms with Crippen molar-refractivity contribution in [2.24, 2.45) is 0 Å². The fourth-order valence-corrected chi connectivity index (χ4v) is 5.36. The van der Waals surface area contributed by atoms with E-state index in [4.69, 9.17) is 24.8 Å². The summed E-state index contributed by atoms with van der Waals surface area (Å²) in [6, 6.07) is 4.42. The van der Waals surface area contributed by atoms with Crippen molar-refractivity contribution in [3.63, 3.8) is 0 Å². The van der Waals surface area contributed by atoms with E-state index in [0.29, 0.717) is 18.5 Å². The number of fused-ring (bicyclic) bond motifs is 2. The molecule has 3 aromatic rings. The van der Waals surface area contributed by atoms with Crippen molar-refractivity contribution in [2.45, 2.75) is 76.9 Å². The number of aromatic nitrogens is 5. The molecule has 5 heterocycles. The van der Waals surface area contributed by atoms with Gasteiger partial charge in [0.15, 0.2) is 5.65 Å². The van der Waals surface area contributed by atoms with Crippen LogP contribution in [0.1, 0.15) is 63.3 Å². The summed E-state index contributed by atoms with van der Waals surface area (Å²) in [4.78, 5) is 16.9. The summed E-state index contributed by atoms with van der Waals surface area (Å²) in [5.74, 6) is 2.55. The first-order valence-electron chi connectivity index (χ1n) is 12.6. The van der Waals surface area contributed by atoms with E-state index in [9.17, 15) is 5.11 Å². The molecule has 0 radical (unpaired) electrons. The fourth-order valence-electron chi connectivity index (χ4n) is 5.36. The highest BCUT2D eigenvalue weighted by molar-refractivity contribution is 5.67. The van der Waals surface area contributed by atoms with Crippen molar-refractivity contribution in [3.05, 3.63) is 23.5 Å². The molecule has 9 nitrogen and oxygen atoms in total. The Morgan fingerprint density at radius 1 is 1.09 bits per heavy atom. The number of rotatable bonds is 4. The summed E-state index contributed by atoms with van der Waals surface area (Å²) in [5.41, 5.74) is 3.52. The van der Waals surface area contributed by atoms with Crippen LogP contribution in [0.25, 0.3) is 17.0 Å². The minimum atomic E-state index is -0.559. The van der Waals surface area contributed by atoms with E-state index >= 15 is 0 Å². The van der Waals surface area contributed by atoms with Crippen LogP contribution in [0.4, 0.5) is 11.6 Å². The van der Waals surface area contributed by atoms with E-state index in [0.717, 1.165) is 91.7 Å². The Morgan fingerprint density at radius 3 is 2.68 bits per heavy atom. The monoisotopic (exact) mass is 463 g/mol. The molecule has 3 aliphatic rings. The lowest BCUT2D eigenvalue weighted by molar-refractivity contribution is 0.0196. The first-order valence-corrected chi connectivity index (χ1v) is 12.6. The highest BCUT2D eigenvalue weighted by Crippen LogP contribution is 2.32. The predicted octanol–water partition coefficient (Wildman–Crippen LogP) is 3.53. The SMILES string of the molecule is Cc1nc2c(nc1-c1cc3nc(N4CCCC4)cc(NC4CCC(C)(O)CC4)n3n1)OCCC2. The number of hydrogen-bond donors (Lipinski definition) is 2. The smallest absolute Gasteiger partial charge is 0.236 e. The van der Waals surface area contributed by atoms with Crippen LogP contribution in [0.2, 0.25) is 0 Å². The highest BCUT2D eigenvalue weighted by atomic mass is 16.5. The van der Waals surface area contributed by atoms with E-state index in [2.05, 4.69) is 16.3 Å². The van der Waals surface area contributed by atoms with Gasteiger partial charge in [0.2, 0.25) is 5.88 Å². The molecule has 1 saturated carbocycles. The van der Waals surface area contributed by atoms with Crippen LogP contribution in [-0.2, 0) is 6.42 Å². The summed E-state index contributed by atoms with van der Waals surface area (Å²) in [6.07, 6.45) is 7.72. The Kier molecular flexibility index (Phi) is 5.32. The summed E-state index contributed by atoms with van der Waals surface area (Å²) in [5, 5.41) is 19.0. The number of aliphatic hydroxyl groups is 1. The predicted molar refractivity (Wildman–Crippen MR) is 131 cm³/mol. The Labute approximate surface area is 199 Å². The zero-order chi connectivity index (χ0) is 23.3. The maximum Gasteiger partial charge on any atom is 0.236 e.